The van der Waals surface area contributed by atoms with Gasteiger partial charge in [-0.15, -0.1) is 24.0 Å². The van der Waals surface area contributed by atoms with Crippen LogP contribution in [0.15, 0.2) is 77.9 Å². The molecule has 0 amide bonds. The van der Waals surface area contributed by atoms with Crippen molar-refractivity contribution >= 4 is 29.9 Å². The molecule has 6 heteroatoms. The fraction of sp³-hybridized carbons (Fsp3) is 0.238. The molecule has 0 spiro atoms. The van der Waals surface area contributed by atoms with Gasteiger partial charge in [-0.05, 0) is 37.1 Å². The van der Waals surface area contributed by atoms with Gasteiger partial charge in [0.25, 0.3) is 0 Å². The van der Waals surface area contributed by atoms with Crippen LogP contribution in [0.25, 0.3) is 5.69 Å². The van der Waals surface area contributed by atoms with Gasteiger partial charge in [-0.25, -0.2) is 9.67 Å². The Bertz CT molecular complexity index is 815. The quantitative estimate of drug-likeness (QED) is 0.311. The van der Waals surface area contributed by atoms with Gasteiger partial charge in [-0.3, -0.25) is 0 Å². The van der Waals surface area contributed by atoms with Gasteiger partial charge in [0.15, 0.2) is 5.96 Å². The highest BCUT2D eigenvalue weighted by molar-refractivity contribution is 14.0. The van der Waals surface area contributed by atoms with E-state index < -0.39 is 0 Å². The molecule has 142 valence electrons. The first kappa shape index (κ1) is 21.0. The maximum atomic E-state index is 4.64. The molecule has 5 nitrogen and oxygen atoms in total. The van der Waals surface area contributed by atoms with Crippen LogP contribution in [-0.4, -0.2) is 28.8 Å². The van der Waals surface area contributed by atoms with Crippen LogP contribution in [0.2, 0.25) is 0 Å². The molecule has 0 aliphatic rings. The van der Waals surface area contributed by atoms with Crippen LogP contribution in [-0.2, 0) is 13.0 Å². The number of halogens is 1. The summed E-state index contributed by atoms with van der Waals surface area (Å²) >= 11 is 0. The third kappa shape index (κ3) is 6.71. The zero-order valence-electron chi connectivity index (χ0n) is 15.5. The summed E-state index contributed by atoms with van der Waals surface area (Å²) in [5, 5.41) is 11.3. The molecule has 0 aliphatic heterocycles. The van der Waals surface area contributed by atoms with E-state index >= 15 is 0 Å². The number of nitrogens with zero attached hydrogens (tertiary/aromatic N) is 3. The predicted molar refractivity (Wildman–Crippen MR) is 122 cm³/mol. The number of guanidine groups is 1. The van der Waals surface area contributed by atoms with Gasteiger partial charge in [0, 0.05) is 19.3 Å². The van der Waals surface area contributed by atoms with Crippen molar-refractivity contribution < 1.29 is 0 Å². The van der Waals surface area contributed by atoms with E-state index in [0.717, 1.165) is 36.9 Å². The van der Waals surface area contributed by atoms with Gasteiger partial charge in [-0.1, -0.05) is 48.5 Å². The van der Waals surface area contributed by atoms with Gasteiger partial charge >= 0.3 is 0 Å². The third-order valence-electron chi connectivity index (χ3n) is 3.96. The Labute approximate surface area is 177 Å². The number of rotatable bonds is 7. The van der Waals surface area contributed by atoms with Gasteiger partial charge in [0.05, 0.1) is 17.9 Å². The van der Waals surface area contributed by atoms with E-state index in [1.807, 2.05) is 53.3 Å². The first-order valence-electron chi connectivity index (χ1n) is 9.01. The summed E-state index contributed by atoms with van der Waals surface area (Å²) in [6.07, 6.45) is 2.93. The molecule has 2 aromatic carbocycles. The Hall–Kier alpha value is -2.35. The van der Waals surface area contributed by atoms with Crippen LogP contribution >= 0.6 is 24.0 Å². The van der Waals surface area contributed by atoms with Crippen LogP contribution in [0.3, 0.4) is 0 Å². The van der Waals surface area contributed by atoms with Crippen LogP contribution in [0, 0.1) is 0 Å². The molecule has 1 aromatic heterocycles. The molecule has 0 atom stereocenters. The Balaban J connectivity index is 0.00000261. The van der Waals surface area contributed by atoms with Crippen molar-refractivity contribution in [1.82, 2.24) is 20.4 Å². The average Bonchev–Trinajstić information content (AvgIpc) is 3.17. The van der Waals surface area contributed by atoms with Crippen molar-refractivity contribution in [2.45, 2.75) is 19.9 Å². The first-order chi connectivity index (χ1) is 12.8. The smallest absolute Gasteiger partial charge is 0.191 e. The minimum Gasteiger partial charge on any atom is -0.357 e. The Kier molecular flexibility index (Phi) is 8.83. The van der Waals surface area contributed by atoms with E-state index in [1.165, 1.54) is 5.56 Å². The second-order valence-electron chi connectivity index (χ2n) is 5.94. The predicted octanol–water partition coefficient (Wildman–Crippen LogP) is 3.79. The summed E-state index contributed by atoms with van der Waals surface area (Å²) in [6.45, 7) is 4.28. The fourth-order valence-electron chi connectivity index (χ4n) is 2.64. The normalized spacial score (nSPS) is 10.9. The second kappa shape index (κ2) is 11.4. The topological polar surface area (TPSA) is 54.2 Å². The zero-order valence-corrected chi connectivity index (χ0v) is 17.8. The number of benzene rings is 2. The summed E-state index contributed by atoms with van der Waals surface area (Å²) in [6, 6.07) is 22.6. The van der Waals surface area contributed by atoms with Crippen molar-refractivity contribution in [1.29, 1.82) is 0 Å². The van der Waals surface area contributed by atoms with Crippen molar-refractivity contribution in [3.63, 3.8) is 0 Å². The minimum absolute atomic E-state index is 0. The van der Waals surface area contributed by atoms with Gasteiger partial charge in [-0.2, -0.15) is 5.10 Å². The summed E-state index contributed by atoms with van der Waals surface area (Å²) in [7, 11) is 0. The maximum Gasteiger partial charge on any atom is 0.191 e. The van der Waals surface area contributed by atoms with E-state index in [-0.39, 0.29) is 24.0 Å². The molecular formula is C21H26IN5. The lowest BCUT2D eigenvalue weighted by Crippen LogP contribution is -2.38. The standard InChI is InChI=1S/C21H25N5.HI/c1-2-22-21(23-15-13-18-9-5-3-6-10-18)24-17-19-14-16-26(25-19)20-11-7-4-8-12-20;/h3-12,14,16H,2,13,15,17H2,1H3,(H2,22,23,24);1H. The van der Waals surface area contributed by atoms with Crippen LogP contribution in [0.4, 0.5) is 0 Å². The van der Waals surface area contributed by atoms with Crippen molar-refractivity contribution in [3.8, 4) is 5.69 Å². The van der Waals surface area contributed by atoms with E-state index in [1.54, 1.807) is 0 Å². The lowest BCUT2D eigenvalue weighted by atomic mass is 10.1. The number of nitrogens with one attached hydrogen (secondary N) is 2. The third-order valence-corrected chi connectivity index (χ3v) is 3.96. The van der Waals surface area contributed by atoms with E-state index in [2.05, 4.69) is 51.9 Å². The lowest BCUT2D eigenvalue weighted by Gasteiger charge is -2.11. The van der Waals surface area contributed by atoms with Crippen LogP contribution in [0.5, 0.6) is 0 Å². The summed E-state index contributed by atoms with van der Waals surface area (Å²) < 4.78 is 1.88. The number of hydrogen-bond donors (Lipinski definition) is 2. The zero-order chi connectivity index (χ0) is 18.0. The molecule has 0 fully saturated rings. The molecule has 3 rings (SSSR count). The highest BCUT2D eigenvalue weighted by Crippen LogP contribution is 2.07. The van der Waals surface area contributed by atoms with Crippen molar-refractivity contribution in [2.75, 3.05) is 13.1 Å². The number of aromatic nitrogens is 2. The van der Waals surface area contributed by atoms with Crippen LogP contribution in [0.1, 0.15) is 18.2 Å². The van der Waals surface area contributed by atoms with E-state index in [4.69, 9.17) is 0 Å². The fourth-order valence-corrected chi connectivity index (χ4v) is 2.64. The molecule has 2 N–H and O–H groups in total. The summed E-state index contributed by atoms with van der Waals surface area (Å²) in [5.74, 6) is 0.817. The molecule has 0 bridgehead atoms. The van der Waals surface area contributed by atoms with Crippen molar-refractivity contribution in [2.24, 2.45) is 4.99 Å². The van der Waals surface area contributed by atoms with E-state index in [9.17, 15) is 0 Å². The lowest BCUT2D eigenvalue weighted by molar-refractivity contribution is 0.788. The molecule has 27 heavy (non-hydrogen) atoms. The van der Waals surface area contributed by atoms with Crippen LogP contribution < -0.4 is 10.6 Å². The highest BCUT2D eigenvalue weighted by Gasteiger charge is 2.02. The second-order valence-corrected chi connectivity index (χ2v) is 5.94. The van der Waals surface area contributed by atoms with E-state index in [0.29, 0.717) is 6.54 Å². The highest BCUT2D eigenvalue weighted by atomic mass is 127. The van der Waals surface area contributed by atoms with Gasteiger partial charge in [0.2, 0.25) is 0 Å². The molecule has 3 aromatic rings. The molecule has 0 radical (unpaired) electrons. The molecule has 0 saturated carbocycles. The summed E-state index contributed by atoms with van der Waals surface area (Å²) in [5.41, 5.74) is 3.31. The Morgan fingerprint density at radius 2 is 1.67 bits per heavy atom. The molecule has 0 saturated heterocycles. The monoisotopic (exact) mass is 475 g/mol. The number of para-hydroxylation sites is 1. The molecule has 1 heterocycles. The largest absolute Gasteiger partial charge is 0.357 e. The number of aliphatic imine (C=N–C) groups is 1. The Morgan fingerprint density at radius 1 is 0.963 bits per heavy atom. The molecule has 0 aliphatic carbocycles. The minimum atomic E-state index is 0. The molecular weight excluding hydrogens is 449 g/mol. The summed E-state index contributed by atoms with van der Waals surface area (Å²) in [4.78, 5) is 4.64. The van der Waals surface area contributed by atoms with Crippen molar-refractivity contribution in [3.05, 3.63) is 84.2 Å². The Morgan fingerprint density at radius 3 is 2.37 bits per heavy atom. The SMILES string of the molecule is CCNC(=NCc1ccn(-c2ccccc2)n1)NCCc1ccccc1.I. The maximum absolute atomic E-state index is 4.64. The first-order valence-corrected chi connectivity index (χ1v) is 9.01. The average molecular weight is 475 g/mol. The van der Waals surface area contributed by atoms with Gasteiger partial charge in [0.1, 0.15) is 0 Å². The van der Waals surface area contributed by atoms with Gasteiger partial charge < -0.3 is 10.6 Å². The molecule has 0 unspecified atom stereocenters. The number of hydrogen-bond acceptors (Lipinski definition) is 2.